The van der Waals surface area contributed by atoms with Crippen LogP contribution in [-0.2, 0) is 12.8 Å². The van der Waals surface area contributed by atoms with E-state index < -0.39 is 0 Å². The van der Waals surface area contributed by atoms with Crippen molar-refractivity contribution in [2.24, 2.45) is 0 Å². The number of nitrogens with one attached hydrogen (secondary N) is 1. The monoisotopic (exact) mass is 308 g/mol. The number of piperidine rings is 1. The van der Waals surface area contributed by atoms with Gasteiger partial charge in [-0.3, -0.25) is 0 Å². The normalized spacial score (nSPS) is 19.7. The van der Waals surface area contributed by atoms with Crippen molar-refractivity contribution >= 4 is 5.95 Å². The van der Waals surface area contributed by atoms with Crippen molar-refractivity contribution < 1.29 is 0 Å². The van der Waals surface area contributed by atoms with Crippen LogP contribution in [-0.4, -0.2) is 41.0 Å². The van der Waals surface area contributed by atoms with Crippen molar-refractivity contribution in [2.45, 2.75) is 37.6 Å². The zero-order valence-electron chi connectivity index (χ0n) is 13.7. The van der Waals surface area contributed by atoms with Gasteiger partial charge < -0.3 is 10.2 Å². The predicted octanol–water partition coefficient (Wildman–Crippen LogP) is 2.87. The van der Waals surface area contributed by atoms with Crippen molar-refractivity contribution in [3.63, 3.8) is 0 Å². The number of benzene rings is 1. The van der Waals surface area contributed by atoms with Gasteiger partial charge >= 0.3 is 0 Å². The Bertz CT molecular complexity index is 634. The standard InChI is InChI=1S/C19H24N4/c1-23-8-6-14(7-9-23)17-12-20-19(21-13-17)22-18-10-15-4-2-3-5-16(15)11-18/h2-5,12-14,18H,6-11H2,1H3,(H,20,21,22). The second kappa shape index (κ2) is 6.28. The van der Waals surface area contributed by atoms with Crippen molar-refractivity contribution in [2.75, 3.05) is 25.5 Å². The molecule has 0 bridgehead atoms. The van der Waals surface area contributed by atoms with Gasteiger partial charge in [-0.2, -0.15) is 0 Å². The van der Waals surface area contributed by atoms with Crippen LogP contribution in [0.4, 0.5) is 5.95 Å². The number of aromatic nitrogens is 2. The fourth-order valence-electron chi connectivity index (χ4n) is 3.81. The molecule has 2 aromatic rings. The molecule has 4 rings (SSSR count). The molecular formula is C19H24N4. The molecule has 0 radical (unpaired) electrons. The number of hydrogen-bond acceptors (Lipinski definition) is 4. The maximum Gasteiger partial charge on any atom is 0.222 e. The van der Waals surface area contributed by atoms with Gasteiger partial charge in [0.25, 0.3) is 0 Å². The van der Waals surface area contributed by atoms with Gasteiger partial charge in [0.15, 0.2) is 0 Å². The van der Waals surface area contributed by atoms with Crippen molar-refractivity contribution in [1.29, 1.82) is 0 Å². The predicted molar refractivity (Wildman–Crippen MR) is 92.8 cm³/mol. The van der Waals surface area contributed by atoms with Crippen molar-refractivity contribution in [3.05, 3.63) is 53.3 Å². The first kappa shape index (κ1) is 14.6. The summed E-state index contributed by atoms with van der Waals surface area (Å²) in [4.78, 5) is 11.5. The molecule has 23 heavy (non-hydrogen) atoms. The van der Waals surface area contributed by atoms with Crippen molar-refractivity contribution in [1.82, 2.24) is 14.9 Å². The average molecular weight is 308 g/mol. The van der Waals surface area contributed by atoms with E-state index in [1.165, 1.54) is 42.6 Å². The Morgan fingerprint density at radius 1 is 1.00 bits per heavy atom. The molecule has 2 heterocycles. The molecule has 1 aliphatic heterocycles. The number of rotatable bonds is 3. The van der Waals surface area contributed by atoms with E-state index in [9.17, 15) is 0 Å². The Labute approximate surface area is 138 Å². The molecule has 2 aliphatic rings. The minimum Gasteiger partial charge on any atom is -0.351 e. The zero-order valence-corrected chi connectivity index (χ0v) is 13.7. The Kier molecular flexibility index (Phi) is 4.00. The van der Waals surface area contributed by atoms with Crippen LogP contribution < -0.4 is 5.32 Å². The molecule has 1 aliphatic carbocycles. The summed E-state index contributed by atoms with van der Waals surface area (Å²) in [5.74, 6) is 1.38. The number of likely N-dealkylation sites (tertiary alicyclic amines) is 1. The topological polar surface area (TPSA) is 41.1 Å². The Balaban J connectivity index is 1.38. The highest BCUT2D eigenvalue weighted by Crippen LogP contribution is 2.27. The number of anilines is 1. The highest BCUT2D eigenvalue weighted by atomic mass is 15.1. The van der Waals surface area contributed by atoms with E-state index in [0.717, 1.165) is 18.8 Å². The Morgan fingerprint density at radius 3 is 2.22 bits per heavy atom. The van der Waals surface area contributed by atoms with Crippen molar-refractivity contribution in [3.8, 4) is 0 Å². The van der Waals surface area contributed by atoms with E-state index in [-0.39, 0.29) is 0 Å². The maximum atomic E-state index is 4.56. The summed E-state index contributed by atoms with van der Waals surface area (Å²) in [6.45, 7) is 2.34. The highest BCUT2D eigenvalue weighted by molar-refractivity contribution is 5.38. The molecular weight excluding hydrogens is 284 g/mol. The van der Waals surface area contributed by atoms with Gasteiger partial charge in [0.05, 0.1) is 0 Å². The second-order valence-corrected chi connectivity index (χ2v) is 6.94. The maximum absolute atomic E-state index is 4.56. The van der Waals surface area contributed by atoms with Gasteiger partial charge in [-0.15, -0.1) is 0 Å². The summed E-state index contributed by atoms with van der Waals surface area (Å²) in [5, 5.41) is 3.49. The molecule has 1 N–H and O–H groups in total. The first-order valence-corrected chi connectivity index (χ1v) is 8.62. The summed E-state index contributed by atoms with van der Waals surface area (Å²) in [5.41, 5.74) is 4.19. The Hall–Kier alpha value is -1.94. The lowest BCUT2D eigenvalue weighted by Gasteiger charge is -2.28. The molecule has 120 valence electrons. The average Bonchev–Trinajstić information content (AvgIpc) is 2.98. The van der Waals surface area contributed by atoms with Crippen LogP contribution in [0.15, 0.2) is 36.7 Å². The van der Waals surface area contributed by atoms with E-state index in [1.807, 2.05) is 12.4 Å². The van der Waals surface area contributed by atoms with E-state index in [0.29, 0.717) is 12.0 Å². The van der Waals surface area contributed by atoms with Crippen LogP contribution in [0.1, 0.15) is 35.4 Å². The lowest BCUT2D eigenvalue weighted by atomic mass is 9.92. The summed E-state index contributed by atoms with van der Waals surface area (Å²) >= 11 is 0. The summed E-state index contributed by atoms with van der Waals surface area (Å²) in [6, 6.07) is 9.10. The number of nitrogens with zero attached hydrogens (tertiary/aromatic N) is 3. The van der Waals surface area contributed by atoms with E-state index >= 15 is 0 Å². The zero-order chi connectivity index (χ0) is 15.6. The summed E-state index contributed by atoms with van der Waals surface area (Å²) in [7, 11) is 2.19. The molecule has 1 aromatic heterocycles. The minimum absolute atomic E-state index is 0.418. The van der Waals surface area contributed by atoms with Crippen LogP contribution in [0, 0.1) is 0 Å². The SMILES string of the molecule is CN1CCC(c2cnc(NC3Cc4ccccc4C3)nc2)CC1. The number of fused-ring (bicyclic) bond motifs is 1. The summed E-state index contributed by atoms with van der Waals surface area (Å²) in [6.07, 6.45) is 8.60. The second-order valence-electron chi connectivity index (χ2n) is 6.94. The largest absolute Gasteiger partial charge is 0.351 e. The van der Waals surface area contributed by atoms with E-state index in [2.05, 4.69) is 51.5 Å². The highest BCUT2D eigenvalue weighted by Gasteiger charge is 2.22. The van der Waals surface area contributed by atoms with Gasteiger partial charge in [0.1, 0.15) is 0 Å². The van der Waals surface area contributed by atoms with Gasteiger partial charge in [-0.1, -0.05) is 24.3 Å². The third-order valence-electron chi connectivity index (χ3n) is 5.25. The van der Waals surface area contributed by atoms with Gasteiger partial charge in [-0.05, 0) is 68.4 Å². The lowest BCUT2D eigenvalue weighted by Crippen LogP contribution is -2.29. The molecule has 1 saturated heterocycles. The van der Waals surface area contributed by atoms with Gasteiger partial charge in [0, 0.05) is 18.4 Å². The first-order chi connectivity index (χ1) is 11.3. The third kappa shape index (κ3) is 3.22. The van der Waals surface area contributed by atoms with Crippen LogP contribution >= 0.6 is 0 Å². The molecule has 0 spiro atoms. The lowest BCUT2D eigenvalue weighted by molar-refractivity contribution is 0.255. The molecule has 0 saturated carbocycles. The van der Waals surface area contributed by atoms with Crippen LogP contribution in [0.2, 0.25) is 0 Å². The molecule has 4 heteroatoms. The van der Waals surface area contributed by atoms with Gasteiger partial charge in [-0.25, -0.2) is 9.97 Å². The van der Waals surface area contributed by atoms with E-state index in [1.54, 1.807) is 0 Å². The van der Waals surface area contributed by atoms with Crippen LogP contribution in [0.25, 0.3) is 0 Å². The molecule has 0 unspecified atom stereocenters. The molecule has 4 nitrogen and oxygen atoms in total. The molecule has 1 aromatic carbocycles. The molecule has 1 fully saturated rings. The van der Waals surface area contributed by atoms with E-state index in [4.69, 9.17) is 0 Å². The van der Waals surface area contributed by atoms with Gasteiger partial charge in [0.2, 0.25) is 5.95 Å². The quantitative estimate of drug-likeness (QED) is 0.946. The minimum atomic E-state index is 0.418. The first-order valence-electron chi connectivity index (χ1n) is 8.62. The van der Waals surface area contributed by atoms with Crippen LogP contribution in [0.3, 0.4) is 0 Å². The number of hydrogen-bond donors (Lipinski definition) is 1. The fourth-order valence-corrected chi connectivity index (χ4v) is 3.81. The molecule has 0 amide bonds. The smallest absolute Gasteiger partial charge is 0.222 e. The van der Waals surface area contributed by atoms with Crippen LogP contribution in [0.5, 0.6) is 0 Å². The Morgan fingerprint density at radius 2 is 1.61 bits per heavy atom. The summed E-state index contributed by atoms with van der Waals surface area (Å²) < 4.78 is 0. The molecule has 0 atom stereocenters. The fraction of sp³-hybridized carbons (Fsp3) is 0.474. The third-order valence-corrected chi connectivity index (χ3v) is 5.25.